The highest BCUT2D eigenvalue weighted by Gasteiger charge is 2.11. The Hall–Kier alpha value is -1.32. The van der Waals surface area contributed by atoms with Crippen LogP contribution in [0, 0.1) is 6.92 Å². The van der Waals surface area contributed by atoms with Gasteiger partial charge in [-0.15, -0.1) is 0 Å². The van der Waals surface area contributed by atoms with Crippen LogP contribution in [0.4, 0.5) is 0 Å². The van der Waals surface area contributed by atoms with Crippen LogP contribution in [0.15, 0.2) is 23.0 Å². The minimum absolute atomic E-state index is 0.112. The molecule has 0 aliphatic heterocycles. The smallest absolute Gasteiger partial charge is 0.254 e. The number of benzene rings is 1. The number of aromatic nitrogens is 2. The van der Waals surface area contributed by atoms with E-state index in [9.17, 15) is 4.79 Å². The van der Waals surface area contributed by atoms with Gasteiger partial charge in [0.25, 0.3) is 5.56 Å². The summed E-state index contributed by atoms with van der Waals surface area (Å²) in [6.45, 7) is 3.79. The Morgan fingerprint density at radius 2 is 2.00 bits per heavy atom. The number of nitrogens with zero attached hydrogens (tertiary/aromatic N) is 1. The summed E-state index contributed by atoms with van der Waals surface area (Å²) in [7, 11) is 0. The van der Waals surface area contributed by atoms with Crippen LogP contribution < -0.4 is 5.56 Å². The maximum Gasteiger partial charge on any atom is 0.254 e. The van der Waals surface area contributed by atoms with Crippen molar-refractivity contribution in [2.45, 2.75) is 26.7 Å². The lowest BCUT2D eigenvalue weighted by Gasteiger charge is -2.08. The minimum Gasteiger partial charge on any atom is -0.310 e. The number of rotatable bonds is 3. The molecule has 0 bridgehead atoms. The minimum atomic E-state index is -0.112. The average Bonchev–Trinajstić information content (AvgIpc) is 2.37. The van der Waals surface area contributed by atoms with E-state index in [0.29, 0.717) is 27.1 Å². The van der Waals surface area contributed by atoms with Gasteiger partial charge in [0.15, 0.2) is 0 Å². The van der Waals surface area contributed by atoms with Crippen LogP contribution in [-0.4, -0.2) is 9.97 Å². The van der Waals surface area contributed by atoms with Crippen LogP contribution in [0.25, 0.3) is 11.3 Å². The molecule has 19 heavy (non-hydrogen) atoms. The standard InChI is InChI=1S/C14H14Cl2N2O/c1-3-4-12-17-13(8(2)14(19)18-12)9-5-6-10(15)11(16)7-9/h5-7H,3-4H2,1-2H3,(H,17,18,19). The molecule has 0 spiro atoms. The number of hydrogen-bond acceptors (Lipinski definition) is 2. The molecule has 0 saturated heterocycles. The van der Waals surface area contributed by atoms with E-state index in [0.717, 1.165) is 18.4 Å². The summed E-state index contributed by atoms with van der Waals surface area (Å²) in [5.41, 5.74) is 1.93. The fraction of sp³-hybridized carbons (Fsp3) is 0.286. The average molecular weight is 297 g/mol. The maximum atomic E-state index is 11.9. The molecule has 0 aliphatic carbocycles. The lowest BCUT2D eigenvalue weighted by atomic mass is 10.1. The number of aromatic amines is 1. The molecular formula is C14H14Cl2N2O. The van der Waals surface area contributed by atoms with Gasteiger partial charge in [-0.3, -0.25) is 4.79 Å². The fourth-order valence-corrected chi connectivity index (χ4v) is 2.16. The topological polar surface area (TPSA) is 45.8 Å². The highest BCUT2D eigenvalue weighted by atomic mass is 35.5. The number of halogens is 2. The van der Waals surface area contributed by atoms with Crippen molar-refractivity contribution in [2.75, 3.05) is 0 Å². The molecular weight excluding hydrogens is 283 g/mol. The lowest BCUT2D eigenvalue weighted by molar-refractivity contribution is 0.823. The molecule has 5 heteroatoms. The van der Waals surface area contributed by atoms with Crippen molar-refractivity contribution in [3.05, 3.63) is 50.0 Å². The molecule has 1 aromatic carbocycles. The zero-order chi connectivity index (χ0) is 14.0. The van der Waals surface area contributed by atoms with Gasteiger partial charge >= 0.3 is 0 Å². The van der Waals surface area contributed by atoms with Crippen molar-refractivity contribution < 1.29 is 0 Å². The summed E-state index contributed by atoms with van der Waals surface area (Å²) in [4.78, 5) is 19.2. The summed E-state index contributed by atoms with van der Waals surface area (Å²) < 4.78 is 0. The highest BCUT2D eigenvalue weighted by molar-refractivity contribution is 6.42. The van der Waals surface area contributed by atoms with Crippen LogP contribution in [0.1, 0.15) is 24.7 Å². The van der Waals surface area contributed by atoms with Gasteiger partial charge in [0.2, 0.25) is 0 Å². The molecule has 2 aromatic rings. The molecule has 0 aliphatic rings. The van der Waals surface area contributed by atoms with Crippen LogP contribution >= 0.6 is 23.2 Å². The first-order valence-corrected chi connectivity index (χ1v) is 6.83. The van der Waals surface area contributed by atoms with Crippen LogP contribution in [-0.2, 0) is 6.42 Å². The Bertz CT molecular complexity index is 665. The molecule has 1 N–H and O–H groups in total. The highest BCUT2D eigenvalue weighted by Crippen LogP contribution is 2.28. The van der Waals surface area contributed by atoms with Crippen molar-refractivity contribution in [2.24, 2.45) is 0 Å². The summed E-state index contributed by atoms with van der Waals surface area (Å²) in [5.74, 6) is 0.694. The zero-order valence-electron chi connectivity index (χ0n) is 10.8. The third-order valence-corrected chi connectivity index (χ3v) is 3.62. The molecule has 0 radical (unpaired) electrons. The molecule has 0 unspecified atom stereocenters. The molecule has 0 amide bonds. The summed E-state index contributed by atoms with van der Waals surface area (Å²) in [5, 5.41) is 0.944. The number of aryl methyl sites for hydroxylation is 1. The van der Waals surface area contributed by atoms with Gasteiger partial charge in [-0.25, -0.2) is 4.98 Å². The van der Waals surface area contributed by atoms with E-state index in [1.54, 1.807) is 19.1 Å². The van der Waals surface area contributed by atoms with Gasteiger partial charge in [-0.2, -0.15) is 0 Å². The lowest BCUT2D eigenvalue weighted by Crippen LogP contribution is -2.16. The molecule has 0 fully saturated rings. The number of hydrogen-bond donors (Lipinski definition) is 1. The Kier molecular flexibility index (Phi) is 4.27. The second-order valence-electron chi connectivity index (χ2n) is 4.37. The monoisotopic (exact) mass is 296 g/mol. The van der Waals surface area contributed by atoms with Crippen LogP contribution in [0.2, 0.25) is 10.0 Å². The predicted octanol–water partition coefficient (Wildman–Crippen LogP) is 4.00. The van der Waals surface area contributed by atoms with Crippen molar-refractivity contribution in [3.63, 3.8) is 0 Å². The van der Waals surface area contributed by atoms with E-state index in [4.69, 9.17) is 23.2 Å². The molecule has 100 valence electrons. The van der Waals surface area contributed by atoms with E-state index >= 15 is 0 Å². The van der Waals surface area contributed by atoms with Gasteiger partial charge in [0.05, 0.1) is 15.7 Å². The summed E-state index contributed by atoms with van der Waals surface area (Å²) in [6, 6.07) is 5.26. The van der Waals surface area contributed by atoms with E-state index in [-0.39, 0.29) is 5.56 Å². The Balaban J connectivity index is 2.60. The first kappa shape index (κ1) is 14.1. The van der Waals surface area contributed by atoms with Crippen molar-refractivity contribution in [3.8, 4) is 11.3 Å². The third kappa shape index (κ3) is 2.99. The van der Waals surface area contributed by atoms with E-state index in [1.165, 1.54) is 0 Å². The second kappa shape index (κ2) is 5.76. The third-order valence-electron chi connectivity index (χ3n) is 2.88. The van der Waals surface area contributed by atoms with Gasteiger partial charge in [0, 0.05) is 17.5 Å². The molecule has 0 saturated carbocycles. The van der Waals surface area contributed by atoms with Crippen molar-refractivity contribution >= 4 is 23.2 Å². The summed E-state index contributed by atoms with van der Waals surface area (Å²) in [6.07, 6.45) is 1.66. The second-order valence-corrected chi connectivity index (χ2v) is 5.18. The van der Waals surface area contributed by atoms with E-state index in [1.807, 2.05) is 13.0 Å². The van der Waals surface area contributed by atoms with Crippen molar-refractivity contribution in [1.29, 1.82) is 0 Å². The first-order valence-electron chi connectivity index (χ1n) is 6.08. The molecule has 1 aromatic heterocycles. The normalized spacial score (nSPS) is 10.7. The molecule has 2 rings (SSSR count). The fourth-order valence-electron chi connectivity index (χ4n) is 1.86. The first-order chi connectivity index (χ1) is 9.02. The quantitative estimate of drug-likeness (QED) is 0.930. The molecule has 1 heterocycles. The zero-order valence-corrected chi connectivity index (χ0v) is 12.3. The van der Waals surface area contributed by atoms with Gasteiger partial charge in [-0.05, 0) is 25.5 Å². The Labute approximate surface area is 121 Å². The molecule has 3 nitrogen and oxygen atoms in total. The Morgan fingerprint density at radius 3 is 2.63 bits per heavy atom. The van der Waals surface area contributed by atoms with Gasteiger partial charge < -0.3 is 4.98 Å². The summed E-state index contributed by atoms with van der Waals surface area (Å²) >= 11 is 11.9. The molecule has 0 atom stereocenters. The van der Waals surface area contributed by atoms with Crippen LogP contribution in [0.5, 0.6) is 0 Å². The maximum absolute atomic E-state index is 11.9. The van der Waals surface area contributed by atoms with E-state index < -0.39 is 0 Å². The van der Waals surface area contributed by atoms with Gasteiger partial charge in [0.1, 0.15) is 5.82 Å². The number of nitrogens with one attached hydrogen (secondary N) is 1. The van der Waals surface area contributed by atoms with Crippen molar-refractivity contribution in [1.82, 2.24) is 9.97 Å². The van der Waals surface area contributed by atoms with E-state index in [2.05, 4.69) is 9.97 Å². The Morgan fingerprint density at radius 1 is 1.26 bits per heavy atom. The number of H-pyrrole nitrogens is 1. The SMILES string of the molecule is CCCc1nc(-c2ccc(Cl)c(Cl)c2)c(C)c(=O)[nH]1. The van der Waals surface area contributed by atoms with Crippen LogP contribution in [0.3, 0.4) is 0 Å². The van der Waals surface area contributed by atoms with Gasteiger partial charge in [-0.1, -0.05) is 36.2 Å². The predicted molar refractivity (Wildman–Crippen MR) is 79.0 cm³/mol. The largest absolute Gasteiger partial charge is 0.310 e.